The molecule has 0 aliphatic carbocycles. The molecule has 0 radical (unpaired) electrons. The minimum Gasteiger partial charge on any atom is -0.337 e. The maximum atomic E-state index is 13.7. The monoisotopic (exact) mass is 408 g/mol. The van der Waals surface area contributed by atoms with Crippen molar-refractivity contribution in [2.75, 3.05) is 26.2 Å². The van der Waals surface area contributed by atoms with Crippen LogP contribution in [0, 0.1) is 5.82 Å². The van der Waals surface area contributed by atoms with Gasteiger partial charge in [0.05, 0.1) is 0 Å². The highest BCUT2D eigenvalue weighted by Crippen LogP contribution is 2.17. The lowest BCUT2D eigenvalue weighted by Crippen LogP contribution is -2.47. The third-order valence-corrected chi connectivity index (χ3v) is 5.26. The molecule has 6 heteroatoms. The van der Waals surface area contributed by atoms with E-state index in [9.17, 15) is 9.18 Å². The molecule has 1 saturated heterocycles. The molecule has 1 aliphatic heterocycles. The Kier molecular flexibility index (Phi) is 5.81. The number of rotatable bonds is 4. The van der Waals surface area contributed by atoms with Gasteiger partial charge in [-0.2, -0.15) is 11.3 Å². The smallest absolute Gasteiger partial charge is 0.246 e. The Labute approximate surface area is 153 Å². The zero-order valence-electron chi connectivity index (χ0n) is 13.1. The van der Waals surface area contributed by atoms with Gasteiger partial charge in [0, 0.05) is 48.8 Å². The molecule has 1 amide bonds. The molecule has 2 heterocycles. The molecular weight excluding hydrogens is 391 g/mol. The Hall–Kier alpha value is -1.50. The molecule has 24 heavy (non-hydrogen) atoms. The fourth-order valence-corrected chi connectivity index (χ4v) is 3.71. The molecule has 0 N–H and O–H groups in total. The second kappa shape index (κ2) is 8.05. The summed E-state index contributed by atoms with van der Waals surface area (Å²) in [6.07, 6.45) is 3.00. The minimum absolute atomic E-state index is 0.0652. The van der Waals surface area contributed by atoms with Gasteiger partial charge in [0.25, 0.3) is 0 Å². The van der Waals surface area contributed by atoms with Crippen LogP contribution in [0.15, 0.2) is 45.6 Å². The van der Waals surface area contributed by atoms with E-state index >= 15 is 0 Å². The lowest BCUT2D eigenvalue weighted by atomic mass is 10.2. The van der Waals surface area contributed by atoms with Crippen LogP contribution in [-0.4, -0.2) is 41.9 Å². The van der Waals surface area contributed by atoms with Crippen molar-refractivity contribution in [1.82, 2.24) is 9.80 Å². The predicted octanol–water partition coefficient (Wildman–Crippen LogP) is 4.01. The molecule has 0 spiro atoms. The van der Waals surface area contributed by atoms with E-state index < -0.39 is 0 Å². The van der Waals surface area contributed by atoms with Crippen molar-refractivity contribution in [3.05, 3.63) is 62.5 Å². The first-order valence-electron chi connectivity index (χ1n) is 7.77. The van der Waals surface area contributed by atoms with Gasteiger partial charge in [0.15, 0.2) is 0 Å². The summed E-state index contributed by atoms with van der Waals surface area (Å²) in [5.74, 6) is -0.396. The number of piperazine rings is 1. The Morgan fingerprint density at radius 2 is 2.04 bits per heavy atom. The normalized spacial score (nSPS) is 16.0. The van der Waals surface area contributed by atoms with E-state index in [2.05, 4.69) is 37.7 Å². The van der Waals surface area contributed by atoms with Crippen molar-refractivity contribution in [3.63, 3.8) is 0 Å². The van der Waals surface area contributed by atoms with E-state index in [1.807, 2.05) is 4.90 Å². The van der Waals surface area contributed by atoms with Crippen molar-refractivity contribution in [2.24, 2.45) is 0 Å². The second-order valence-electron chi connectivity index (χ2n) is 5.73. The number of carbonyl (C=O) groups excluding carboxylic acids is 1. The molecule has 1 aromatic heterocycles. The number of amides is 1. The summed E-state index contributed by atoms with van der Waals surface area (Å²) >= 11 is 5.02. The summed E-state index contributed by atoms with van der Waals surface area (Å²) in [4.78, 5) is 16.4. The predicted molar refractivity (Wildman–Crippen MR) is 99.3 cm³/mol. The lowest BCUT2D eigenvalue weighted by Gasteiger charge is -2.34. The molecule has 0 saturated carbocycles. The number of thiophene rings is 1. The third-order valence-electron chi connectivity index (χ3n) is 4.03. The average Bonchev–Trinajstić information content (AvgIpc) is 3.09. The standard InChI is InChI=1S/C18H18BrFN2OS/c19-16-2-3-17(20)15(11-16)1-4-18(23)22-8-6-21(7-9-22)12-14-5-10-24-13-14/h1-5,10-11,13H,6-9,12H2/b4-1+. The largest absolute Gasteiger partial charge is 0.337 e. The van der Waals surface area contributed by atoms with Gasteiger partial charge in [0.2, 0.25) is 5.91 Å². The van der Waals surface area contributed by atoms with Gasteiger partial charge in [0.1, 0.15) is 5.82 Å². The molecular formula is C18H18BrFN2OS. The van der Waals surface area contributed by atoms with E-state index in [1.165, 1.54) is 17.7 Å². The van der Waals surface area contributed by atoms with Crippen LogP contribution in [0.3, 0.4) is 0 Å². The third kappa shape index (κ3) is 4.53. The summed E-state index contributed by atoms with van der Waals surface area (Å²) < 4.78 is 14.5. The van der Waals surface area contributed by atoms with Gasteiger partial charge in [-0.15, -0.1) is 0 Å². The van der Waals surface area contributed by atoms with E-state index in [0.717, 1.165) is 24.1 Å². The Morgan fingerprint density at radius 3 is 2.75 bits per heavy atom. The van der Waals surface area contributed by atoms with Crippen LogP contribution in [0.4, 0.5) is 4.39 Å². The SMILES string of the molecule is O=C(/C=C/c1cc(Br)ccc1F)N1CCN(Cc2ccsc2)CC1. The Bertz CT molecular complexity index is 725. The van der Waals surface area contributed by atoms with Crippen LogP contribution in [-0.2, 0) is 11.3 Å². The molecule has 1 aromatic carbocycles. The zero-order chi connectivity index (χ0) is 16.9. The van der Waals surface area contributed by atoms with Crippen LogP contribution in [0.2, 0.25) is 0 Å². The van der Waals surface area contributed by atoms with E-state index in [1.54, 1.807) is 29.5 Å². The average molecular weight is 409 g/mol. The first-order valence-corrected chi connectivity index (χ1v) is 9.51. The maximum Gasteiger partial charge on any atom is 0.246 e. The summed E-state index contributed by atoms with van der Waals surface area (Å²) in [6.45, 7) is 4.06. The first kappa shape index (κ1) is 17.3. The quantitative estimate of drug-likeness (QED) is 0.713. The highest BCUT2D eigenvalue weighted by Gasteiger charge is 2.19. The van der Waals surface area contributed by atoms with Crippen LogP contribution in [0.1, 0.15) is 11.1 Å². The van der Waals surface area contributed by atoms with Crippen molar-refractivity contribution < 1.29 is 9.18 Å². The fraction of sp³-hybridized carbons (Fsp3) is 0.278. The summed E-state index contributed by atoms with van der Waals surface area (Å²) in [7, 11) is 0. The molecule has 3 rings (SSSR count). The highest BCUT2D eigenvalue weighted by atomic mass is 79.9. The van der Waals surface area contributed by atoms with Gasteiger partial charge >= 0.3 is 0 Å². The number of halogens is 2. The van der Waals surface area contributed by atoms with Crippen molar-refractivity contribution in [2.45, 2.75) is 6.54 Å². The van der Waals surface area contributed by atoms with Crippen LogP contribution < -0.4 is 0 Å². The van der Waals surface area contributed by atoms with Crippen LogP contribution in [0.5, 0.6) is 0 Å². The number of nitrogens with zero attached hydrogens (tertiary/aromatic N) is 2. The zero-order valence-corrected chi connectivity index (χ0v) is 15.5. The Morgan fingerprint density at radius 1 is 1.25 bits per heavy atom. The minimum atomic E-state index is -0.331. The second-order valence-corrected chi connectivity index (χ2v) is 7.43. The van der Waals surface area contributed by atoms with Crippen molar-refractivity contribution in [1.29, 1.82) is 0 Å². The molecule has 2 aromatic rings. The molecule has 1 fully saturated rings. The number of hydrogen-bond acceptors (Lipinski definition) is 3. The molecule has 126 valence electrons. The number of benzene rings is 1. The van der Waals surface area contributed by atoms with E-state index in [0.29, 0.717) is 18.7 Å². The number of carbonyl (C=O) groups is 1. The Balaban J connectivity index is 1.53. The lowest BCUT2D eigenvalue weighted by molar-refractivity contribution is -0.127. The maximum absolute atomic E-state index is 13.7. The molecule has 1 aliphatic rings. The molecule has 0 atom stereocenters. The van der Waals surface area contributed by atoms with E-state index in [4.69, 9.17) is 0 Å². The van der Waals surface area contributed by atoms with Gasteiger partial charge in [-0.1, -0.05) is 15.9 Å². The van der Waals surface area contributed by atoms with E-state index in [-0.39, 0.29) is 11.7 Å². The summed E-state index contributed by atoms with van der Waals surface area (Å²) in [5.41, 5.74) is 1.73. The van der Waals surface area contributed by atoms with Gasteiger partial charge in [-0.3, -0.25) is 9.69 Å². The van der Waals surface area contributed by atoms with Gasteiger partial charge in [-0.05, 0) is 46.7 Å². The first-order chi connectivity index (χ1) is 11.6. The fourth-order valence-electron chi connectivity index (χ4n) is 2.68. The number of hydrogen-bond donors (Lipinski definition) is 0. The highest BCUT2D eigenvalue weighted by molar-refractivity contribution is 9.10. The van der Waals surface area contributed by atoms with Crippen molar-refractivity contribution in [3.8, 4) is 0 Å². The van der Waals surface area contributed by atoms with Crippen LogP contribution >= 0.6 is 27.3 Å². The van der Waals surface area contributed by atoms with Gasteiger partial charge in [-0.25, -0.2) is 4.39 Å². The van der Waals surface area contributed by atoms with Gasteiger partial charge < -0.3 is 4.90 Å². The molecule has 0 bridgehead atoms. The van der Waals surface area contributed by atoms with Crippen LogP contribution in [0.25, 0.3) is 6.08 Å². The summed E-state index contributed by atoms with van der Waals surface area (Å²) in [5, 5.41) is 4.24. The summed E-state index contributed by atoms with van der Waals surface area (Å²) in [6, 6.07) is 6.83. The van der Waals surface area contributed by atoms with Crippen molar-refractivity contribution >= 4 is 39.2 Å². The molecule has 0 unspecified atom stereocenters. The topological polar surface area (TPSA) is 23.6 Å². The molecule has 3 nitrogen and oxygen atoms in total.